The van der Waals surface area contributed by atoms with Crippen molar-refractivity contribution in [2.45, 2.75) is 0 Å². The first-order chi connectivity index (χ1) is 45.1. The molecule has 13 aromatic carbocycles. The smallest absolute Gasteiger partial charge is 0.197 e. The monoisotopic (exact) mass is 1160 g/mol. The van der Waals surface area contributed by atoms with Gasteiger partial charge in [0.15, 0.2) is 23.2 Å². The Bertz CT molecular complexity index is 6270. The molecule has 422 valence electrons. The van der Waals surface area contributed by atoms with Crippen molar-refractivity contribution >= 4 is 115 Å². The number of rotatable bonds is 8. The second-order valence-corrected chi connectivity index (χ2v) is 23.2. The fraction of sp³-hybridized carbons (Fsp3) is 0. The van der Waals surface area contributed by atoms with Gasteiger partial charge in [0, 0.05) is 65.3 Å². The molecule has 0 spiro atoms. The van der Waals surface area contributed by atoms with Crippen molar-refractivity contribution in [3.8, 4) is 78.9 Å². The summed E-state index contributed by atoms with van der Waals surface area (Å²) in [4.78, 5) is 21.3. The van der Waals surface area contributed by atoms with Crippen LogP contribution in [0.2, 0.25) is 0 Å². The van der Waals surface area contributed by atoms with E-state index >= 15 is 0 Å². The molecule has 0 unspecified atom stereocenters. The lowest BCUT2D eigenvalue weighted by atomic mass is 9.95. The summed E-state index contributed by atoms with van der Waals surface area (Å²) in [5.41, 5.74) is 18.0. The van der Waals surface area contributed by atoms with Gasteiger partial charge < -0.3 is 22.4 Å². The van der Waals surface area contributed by atoms with Gasteiger partial charge in [0.2, 0.25) is 0 Å². The third kappa shape index (κ3) is 7.60. The number of para-hydroxylation sites is 3. The molecule has 0 radical (unpaired) electrons. The maximum Gasteiger partial charge on any atom is 0.197 e. The van der Waals surface area contributed by atoms with E-state index in [1.54, 1.807) is 0 Å². The summed E-state index contributed by atoms with van der Waals surface area (Å²) in [7, 11) is 0. The molecule has 91 heavy (non-hydrogen) atoms. The van der Waals surface area contributed by atoms with Crippen LogP contribution in [0.5, 0.6) is 0 Å². The van der Waals surface area contributed by atoms with Crippen LogP contribution < -0.4 is 0 Å². The minimum absolute atomic E-state index is 0.363. The number of hydrogen-bond donors (Lipinski definition) is 0. The number of furan rings is 3. The van der Waals surface area contributed by atoms with Crippen LogP contribution in [0.4, 0.5) is 5.69 Å². The Morgan fingerprint density at radius 1 is 0.286 bits per heavy atom. The minimum atomic E-state index is 0.363. The van der Waals surface area contributed by atoms with Gasteiger partial charge in [0.1, 0.15) is 33.5 Å². The van der Waals surface area contributed by atoms with Crippen molar-refractivity contribution in [2.75, 3.05) is 0 Å². The number of aromatic nitrogens is 5. The molecular weight excluding hydrogens is 1120 g/mol. The van der Waals surface area contributed by atoms with Gasteiger partial charge in [0.05, 0.1) is 50.8 Å². The predicted molar refractivity (Wildman–Crippen MR) is 369 cm³/mol. The average Bonchev–Trinajstić information content (AvgIpc) is 1.59. The number of benzene rings is 13. The molecule has 9 heteroatoms. The third-order valence-corrected chi connectivity index (χ3v) is 18.2. The van der Waals surface area contributed by atoms with Crippen LogP contribution in [0.15, 0.2) is 292 Å². The van der Waals surface area contributed by atoms with Gasteiger partial charge in [-0.25, -0.2) is 19.8 Å². The maximum atomic E-state index is 9.51. The van der Waals surface area contributed by atoms with Crippen LogP contribution in [0.1, 0.15) is 0 Å². The quantitative estimate of drug-likeness (QED) is 0.141. The zero-order chi connectivity index (χ0) is 59.8. The molecule has 0 aliphatic carbocycles. The molecule has 19 rings (SSSR count). The van der Waals surface area contributed by atoms with E-state index in [-0.39, 0.29) is 0 Å². The average molecular weight is 1160 g/mol. The summed E-state index contributed by atoms with van der Waals surface area (Å²) >= 11 is 0. The first kappa shape index (κ1) is 50.5. The summed E-state index contributed by atoms with van der Waals surface area (Å²) in [6.45, 7) is 9.51. The van der Waals surface area contributed by atoms with Gasteiger partial charge in [-0.05, 0) is 107 Å². The Kier molecular flexibility index (Phi) is 10.9. The molecule has 6 heterocycles. The highest BCUT2D eigenvalue weighted by Crippen LogP contribution is 2.53. The molecule has 0 bridgehead atoms. The van der Waals surface area contributed by atoms with E-state index in [9.17, 15) is 6.57 Å². The fourth-order valence-electron chi connectivity index (χ4n) is 14.2. The molecule has 0 aliphatic rings. The number of nitrogens with zero attached hydrogens (tertiary/aromatic N) is 6. The molecule has 0 saturated carbocycles. The van der Waals surface area contributed by atoms with Crippen LogP contribution in [0.3, 0.4) is 0 Å². The van der Waals surface area contributed by atoms with E-state index in [1.807, 2.05) is 109 Å². The molecule has 0 N–H and O–H groups in total. The van der Waals surface area contributed by atoms with Crippen molar-refractivity contribution in [1.29, 1.82) is 0 Å². The van der Waals surface area contributed by atoms with Crippen molar-refractivity contribution in [3.05, 3.63) is 290 Å². The summed E-state index contributed by atoms with van der Waals surface area (Å²) in [6, 6.07) is 96.4. The van der Waals surface area contributed by atoms with Crippen molar-refractivity contribution in [2.24, 2.45) is 0 Å². The molecule has 6 aromatic heterocycles. The SMILES string of the molecule is [C-]#[N+]c1cc(-c2nc(-c3ccccc3)nc(-c3cccc4oc5ccccc5c34)n2)c(-n2c3ccc(-c4ccccc4)cc3c3c4oc5ccccc5c4ccc32)c(-n2c3ccc(-c4ccccc4)cc3c3c4oc5ccccc5c4ccc32)c1-c1ccccc1. The minimum Gasteiger partial charge on any atom is -0.456 e. The van der Waals surface area contributed by atoms with Crippen molar-refractivity contribution in [3.63, 3.8) is 0 Å². The Hall–Kier alpha value is -12.6. The fourth-order valence-corrected chi connectivity index (χ4v) is 14.2. The Morgan fingerprint density at radius 2 is 0.725 bits per heavy atom. The van der Waals surface area contributed by atoms with E-state index in [4.69, 9.17) is 28.2 Å². The lowest BCUT2D eigenvalue weighted by Gasteiger charge is -2.25. The van der Waals surface area contributed by atoms with Crippen LogP contribution in [-0.4, -0.2) is 24.1 Å². The summed E-state index contributed by atoms with van der Waals surface area (Å²) in [5, 5.41) is 9.73. The van der Waals surface area contributed by atoms with Gasteiger partial charge in [-0.15, -0.1) is 0 Å². The highest BCUT2D eigenvalue weighted by Gasteiger charge is 2.32. The first-order valence-electron chi connectivity index (χ1n) is 30.3. The topological polar surface area (TPSA) is 92.3 Å². The lowest BCUT2D eigenvalue weighted by Crippen LogP contribution is -2.10. The molecule has 0 fully saturated rings. The van der Waals surface area contributed by atoms with Crippen molar-refractivity contribution in [1.82, 2.24) is 24.1 Å². The Morgan fingerprint density at radius 3 is 1.27 bits per heavy atom. The van der Waals surface area contributed by atoms with E-state index in [2.05, 4.69) is 184 Å². The van der Waals surface area contributed by atoms with Crippen molar-refractivity contribution < 1.29 is 13.3 Å². The van der Waals surface area contributed by atoms with Crippen LogP contribution in [0.25, 0.3) is 193 Å². The van der Waals surface area contributed by atoms with E-state index in [0.717, 1.165) is 160 Å². The first-order valence-corrected chi connectivity index (χ1v) is 30.3. The number of hydrogen-bond acceptors (Lipinski definition) is 6. The molecule has 19 aromatic rings. The van der Waals surface area contributed by atoms with Gasteiger partial charge in [-0.1, -0.05) is 200 Å². The second-order valence-electron chi connectivity index (χ2n) is 23.2. The zero-order valence-electron chi connectivity index (χ0n) is 48.5. The molecular formula is C82H46N6O3. The Labute approximate surface area is 519 Å². The zero-order valence-corrected chi connectivity index (χ0v) is 48.5. The molecule has 0 saturated heterocycles. The van der Waals surface area contributed by atoms with Crippen LogP contribution >= 0.6 is 0 Å². The molecule has 0 amide bonds. The Balaban J connectivity index is 1.04. The van der Waals surface area contributed by atoms with Gasteiger partial charge in [-0.3, -0.25) is 0 Å². The van der Waals surface area contributed by atoms with Gasteiger partial charge in [0.25, 0.3) is 0 Å². The van der Waals surface area contributed by atoms with Crippen LogP contribution in [0, 0.1) is 6.57 Å². The summed E-state index contributed by atoms with van der Waals surface area (Å²) in [6.07, 6.45) is 0. The highest BCUT2D eigenvalue weighted by molar-refractivity contribution is 6.27. The van der Waals surface area contributed by atoms with Gasteiger partial charge in [-0.2, -0.15) is 0 Å². The lowest BCUT2D eigenvalue weighted by molar-refractivity contribution is 0.669. The van der Waals surface area contributed by atoms with E-state index in [0.29, 0.717) is 34.3 Å². The second kappa shape index (κ2) is 19.7. The maximum absolute atomic E-state index is 9.51. The molecule has 0 aliphatic heterocycles. The summed E-state index contributed by atoms with van der Waals surface area (Å²) in [5.74, 6) is 1.27. The third-order valence-electron chi connectivity index (χ3n) is 18.2. The largest absolute Gasteiger partial charge is 0.456 e. The van der Waals surface area contributed by atoms with Crippen LogP contribution in [-0.2, 0) is 0 Å². The highest BCUT2D eigenvalue weighted by atomic mass is 16.3. The van der Waals surface area contributed by atoms with Gasteiger partial charge >= 0.3 is 0 Å². The molecule has 0 atom stereocenters. The summed E-state index contributed by atoms with van der Waals surface area (Å²) < 4.78 is 25.5. The van der Waals surface area contributed by atoms with E-state index < -0.39 is 0 Å². The predicted octanol–water partition coefficient (Wildman–Crippen LogP) is 22.3. The normalized spacial score (nSPS) is 11.9. The standard InChI is InChI=1S/C82H46N6O3/c1-83-63-47-62(82-85-80(51-27-12-5-13-28-51)84-81(86-82)59-32-20-36-71-73(59)58-31-16-19-35-70(58)89-71)76(87-64-41-37-52(48-21-6-2-7-22-48)45-60(64)74-66(87)43-39-56-54-29-14-17-33-68(54)90-78(56)74)77(72(63)50-25-10-4-11-26-50)88-65-42-38-53(49-23-8-3-9-24-49)46-61(65)75-67(88)44-40-57-55-30-15-18-34-69(55)91-79(57)75/h2-47H. The molecule has 9 nitrogen and oxygen atoms in total. The number of fused-ring (bicyclic) bond motifs is 17. The van der Waals surface area contributed by atoms with E-state index in [1.165, 1.54) is 0 Å².